The molecule has 144 valence electrons. The molecule has 8 nitrogen and oxygen atoms in total. The van der Waals surface area contributed by atoms with Gasteiger partial charge in [-0.05, 0) is 42.8 Å². The molecule has 2 aromatic heterocycles. The second-order valence-electron chi connectivity index (χ2n) is 6.60. The number of rotatable bonds is 3. The third-order valence-electron chi connectivity index (χ3n) is 4.79. The minimum Gasteiger partial charge on any atom is -0.481 e. The van der Waals surface area contributed by atoms with Crippen LogP contribution < -0.4 is 15.0 Å². The molecule has 0 unspecified atom stereocenters. The van der Waals surface area contributed by atoms with Crippen molar-refractivity contribution >= 4 is 28.4 Å². The van der Waals surface area contributed by atoms with Crippen LogP contribution in [0.15, 0.2) is 48.7 Å². The number of nitrogens with zero attached hydrogens (tertiary/aromatic N) is 5. The van der Waals surface area contributed by atoms with Crippen molar-refractivity contribution in [2.45, 2.75) is 6.42 Å². The quantitative estimate of drug-likeness (QED) is 0.755. The highest BCUT2D eigenvalue weighted by Gasteiger charge is 2.20. The Kier molecular flexibility index (Phi) is 5.18. The normalized spacial score (nSPS) is 14.6. The van der Waals surface area contributed by atoms with E-state index >= 15 is 0 Å². The summed E-state index contributed by atoms with van der Waals surface area (Å²) in [6.07, 6.45) is 2.54. The molecular formula is C20H22N6O2. The monoisotopic (exact) mass is 378 g/mol. The third-order valence-corrected chi connectivity index (χ3v) is 4.79. The van der Waals surface area contributed by atoms with E-state index in [1.165, 1.54) is 0 Å². The Balaban J connectivity index is 1.41. The van der Waals surface area contributed by atoms with Crippen molar-refractivity contribution < 1.29 is 9.53 Å². The maximum absolute atomic E-state index is 12.7. The number of benzene rings is 1. The average molecular weight is 378 g/mol. The van der Waals surface area contributed by atoms with Gasteiger partial charge in [-0.2, -0.15) is 5.10 Å². The smallest absolute Gasteiger partial charge is 0.321 e. The van der Waals surface area contributed by atoms with Crippen LogP contribution in [0.25, 0.3) is 10.9 Å². The molecule has 1 aromatic carbocycles. The molecule has 1 aliphatic heterocycles. The fourth-order valence-electron chi connectivity index (χ4n) is 3.31. The van der Waals surface area contributed by atoms with Gasteiger partial charge in [0.25, 0.3) is 0 Å². The zero-order chi connectivity index (χ0) is 19.3. The summed E-state index contributed by atoms with van der Waals surface area (Å²) in [6.45, 7) is 2.92. The summed E-state index contributed by atoms with van der Waals surface area (Å²) in [5, 5.41) is 12.0. The van der Waals surface area contributed by atoms with Crippen molar-refractivity contribution in [1.29, 1.82) is 0 Å². The molecule has 0 spiro atoms. The molecule has 1 saturated heterocycles. The Hall–Kier alpha value is -3.42. The van der Waals surface area contributed by atoms with Gasteiger partial charge in [0.2, 0.25) is 5.88 Å². The highest BCUT2D eigenvalue weighted by molar-refractivity contribution is 5.92. The fraction of sp³-hybridized carbons (Fsp3) is 0.300. The van der Waals surface area contributed by atoms with E-state index in [0.717, 1.165) is 41.9 Å². The van der Waals surface area contributed by atoms with Gasteiger partial charge in [0.05, 0.1) is 12.6 Å². The van der Waals surface area contributed by atoms with Crippen LogP contribution in [0.3, 0.4) is 0 Å². The molecule has 1 N–H and O–H groups in total. The number of anilines is 2. The predicted octanol–water partition coefficient (Wildman–Crippen LogP) is 2.78. The minimum absolute atomic E-state index is 0.0955. The lowest BCUT2D eigenvalue weighted by Crippen LogP contribution is -2.38. The van der Waals surface area contributed by atoms with Crippen LogP contribution in [0.1, 0.15) is 6.42 Å². The minimum atomic E-state index is -0.0955. The molecular weight excluding hydrogens is 356 g/mol. The zero-order valence-corrected chi connectivity index (χ0v) is 15.7. The number of methoxy groups -OCH3 is 1. The fourth-order valence-corrected chi connectivity index (χ4v) is 3.31. The van der Waals surface area contributed by atoms with Crippen molar-refractivity contribution in [2.24, 2.45) is 0 Å². The second kappa shape index (κ2) is 8.08. The van der Waals surface area contributed by atoms with Crippen molar-refractivity contribution in [2.75, 3.05) is 43.5 Å². The standard InChI is InChI=1S/C20H22N6O2/c1-28-19-8-5-15-14-16(6-7-17(15)23-19)22-20(27)26-11-3-10-25(12-13-26)18-4-2-9-21-24-18/h2,4-9,14H,3,10-13H2,1H3,(H,22,27). The summed E-state index contributed by atoms with van der Waals surface area (Å²) in [6, 6.07) is 13.1. The van der Waals surface area contributed by atoms with Gasteiger partial charge in [0.15, 0.2) is 5.82 Å². The van der Waals surface area contributed by atoms with Crippen LogP contribution >= 0.6 is 0 Å². The molecule has 1 aliphatic rings. The second-order valence-corrected chi connectivity index (χ2v) is 6.60. The number of aromatic nitrogens is 3. The topological polar surface area (TPSA) is 83.5 Å². The highest BCUT2D eigenvalue weighted by atomic mass is 16.5. The Labute approximate surface area is 163 Å². The van der Waals surface area contributed by atoms with Crippen molar-refractivity contribution in [3.63, 3.8) is 0 Å². The Morgan fingerprint density at radius 2 is 2.04 bits per heavy atom. The number of pyridine rings is 1. The van der Waals surface area contributed by atoms with Gasteiger partial charge in [-0.15, -0.1) is 5.10 Å². The molecule has 28 heavy (non-hydrogen) atoms. The van der Waals surface area contributed by atoms with Gasteiger partial charge in [-0.1, -0.05) is 0 Å². The van der Waals surface area contributed by atoms with Crippen LogP contribution in [-0.2, 0) is 0 Å². The van der Waals surface area contributed by atoms with E-state index < -0.39 is 0 Å². The average Bonchev–Trinajstić information content (AvgIpc) is 3.00. The number of amides is 2. The van der Waals surface area contributed by atoms with Gasteiger partial charge in [0.1, 0.15) is 0 Å². The summed E-state index contributed by atoms with van der Waals surface area (Å²) < 4.78 is 5.15. The molecule has 1 fully saturated rings. The number of nitrogens with one attached hydrogen (secondary N) is 1. The van der Waals surface area contributed by atoms with Gasteiger partial charge >= 0.3 is 6.03 Å². The first kappa shape index (κ1) is 18.0. The van der Waals surface area contributed by atoms with Crippen LogP contribution in [0.5, 0.6) is 5.88 Å². The molecule has 0 saturated carbocycles. The lowest BCUT2D eigenvalue weighted by atomic mass is 10.2. The van der Waals surface area contributed by atoms with E-state index in [9.17, 15) is 4.79 Å². The van der Waals surface area contributed by atoms with Crippen LogP contribution in [0.4, 0.5) is 16.3 Å². The molecule has 8 heteroatoms. The van der Waals surface area contributed by atoms with E-state index in [-0.39, 0.29) is 6.03 Å². The van der Waals surface area contributed by atoms with Crippen LogP contribution in [0.2, 0.25) is 0 Å². The number of carbonyl (C=O) groups is 1. The van der Waals surface area contributed by atoms with Gasteiger partial charge < -0.3 is 19.9 Å². The molecule has 0 atom stereocenters. The Bertz CT molecular complexity index is 965. The number of ether oxygens (including phenoxy) is 1. The molecule has 0 aliphatic carbocycles. The van der Waals surface area contributed by atoms with Crippen LogP contribution in [0, 0.1) is 0 Å². The maximum atomic E-state index is 12.7. The number of fused-ring (bicyclic) bond motifs is 1. The van der Waals surface area contributed by atoms with E-state index in [0.29, 0.717) is 19.0 Å². The largest absolute Gasteiger partial charge is 0.481 e. The summed E-state index contributed by atoms with van der Waals surface area (Å²) in [5.74, 6) is 1.42. The predicted molar refractivity (Wildman–Crippen MR) is 108 cm³/mol. The molecule has 3 heterocycles. The first-order chi connectivity index (χ1) is 13.7. The van der Waals surface area contributed by atoms with Crippen molar-refractivity contribution in [3.8, 4) is 5.88 Å². The lowest BCUT2D eigenvalue weighted by molar-refractivity contribution is 0.215. The van der Waals surface area contributed by atoms with Crippen molar-refractivity contribution in [3.05, 3.63) is 48.7 Å². The van der Waals surface area contributed by atoms with E-state index in [1.807, 2.05) is 47.4 Å². The number of carbonyl (C=O) groups excluding carboxylic acids is 1. The summed E-state index contributed by atoms with van der Waals surface area (Å²) in [5.41, 5.74) is 1.58. The summed E-state index contributed by atoms with van der Waals surface area (Å²) >= 11 is 0. The Morgan fingerprint density at radius 1 is 1.11 bits per heavy atom. The molecule has 4 rings (SSSR count). The van der Waals surface area contributed by atoms with Crippen LogP contribution in [-0.4, -0.2) is 59.4 Å². The van der Waals surface area contributed by atoms with Gasteiger partial charge in [-0.3, -0.25) is 0 Å². The first-order valence-electron chi connectivity index (χ1n) is 9.26. The van der Waals surface area contributed by atoms with E-state index in [1.54, 1.807) is 13.3 Å². The first-order valence-corrected chi connectivity index (χ1v) is 9.26. The SMILES string of the molecule is COc1ccc2cc(NC(=O)N3CCCN(c4cccnn4)CC3)ccc2n1. The third kappa shape index (κ3) is 3.95. The Morgan fingerprint density at radius 3 is 2.86 bits per heavy atom. The van der Waals surface area contributed by atoms with Gasteiger partial charge in [0, 0.05) is 49.5 Å². The maximum Gasteiger partial charge on any atom is 0.321 e. The molecule has 0 bridgehead atoms. The number of hydrogen-bond acceptors (Lipinski definition) is 6. The lowest BCUT2D eigenvalue weighted by Gasteiger charge is -2.22. The number of urea groups is 1. The molecule has 2 amide bonds. The van der Waals surface area contributed by atoms with Crippen molar-refractivity contribution in [1.82, 2.24) is 20.1 Å². The summed E-state index contributed by atoms with van der Waals surface area (Å²) in [4.78, 5) is 21.1. The molecule has 3 aromatic rings. The molecule has 0 radical (unpaired) electrons. The number of hydrogen-bond donors (Lipinski definition) is 1. The summed E-state index contributed by atoms with van der Waals surface area (Å²) in [7, 11) is 1.59. The van der Waals surface area contributed by atoms with E-state index in [4.69, 9.17) is 4.74 Å². The highest BCUT2D eigenvalue weighted by Crippen LogP contribution is 2.21. The zero-order valence-electron chi connectivity index (χ0n) is 15.7. The van der Waals surface area contributed by atoms with E-state index in [2.05, 4.69) is 25.4 Å². The van der Waals surface area contributed by atoms with Gasteiger partial charge in [-0.25, -0.2) is 9.78 Å².